The first-order chi connectivity index (χ1) is 17.5. The predicted octanol–water partition coefficient (Wildman–Crippen LogP) is 4.57. The van der Waals surface area contributed by atoms with Gasteiger partial charge in [0.2, 0.25) is 0 Å². The van der Waals surface area contributed by atoms with Crippen LogP contribution in [0.4, 0.5) is 4.39 Å². The summed E-state index contributed by atoms with van der Waals surface area (Å²) in [6.07, 6.45) is 3.07. The Morgan fingerprint density at radius 1 is 1.17 bits per heavy atom. The molecule has 36 heavy (non-hydrogen) atoms. The van der Waals surface area contributed by atoms with Gasteiger partial charge in [-0.05, 0) is 85.0 Å². The number of halogens is 1. The number of nitrogens with one attached hydrogen (secondary N) is 1. The van der Waals surface area contributed by atoms with Gasteiger partial charge < -0.3 is 20.3 Å². The summed E-state index contributed by atoms with van der Waals surface area (Å²) in [5.74, 6) is 0.770. The van der Waals surface area contributed by atoms with Crippen molar-refractivity contribution in [1.29, 1.82) is 0 Å². The molecule has 1 fully saturated rings. The lowest BCUT2D eigenvalue weighted by Gasteiger charge is -2.37. The summed E-state index contributed by atoms with van der Waals surface area (Å²) < 4.78 is 20.2. The Labute approximate surface area is 212 Å². The molecule has 0 saturated carbocycles. The van der Waals surface area contributed by atoms with Crippen molar-refractivity contribution in [3.8, 4) is 0 Å². The lowest BCUT2D eigenvalue weighted by atomic mass is 9.68. The normalized spacial score (nSPS) is 19.2. The van der Waals surface area contributed by atoms with Gasteiger partial charge in [0, 0.05) is 37.3 Å². The monoisotopic (exact) mass is 492 g/mol. The molecule has 1 aliphatic heterocycles. The number of allylic oxidation sites excluding steroid dienone is 1. The maximum atomic E-state index is 14.8. The van der Waals surface area contributed by atoms with E-state index in [9.17, 15) is 19.4 Å². The number of benzene rings is 2. The van der Waals surface area contributed by atoms with Gasteiger partial charge in [-0.2, -0.15) is 0 Å². The van der Waals surface area contributed by atoms with Crippen molar-refractivity contribution in [3.05, 3.63) is 93.2 Å². The molecular weight excluding hydrogens is 457 g/mol. The van der Waals surface area contributed by atoms with Crippen LogP contribution in [0, 0.1) is 24.6 Å². The molecule has 1 saturated heterocycles. The number of hydrogen-bond acceptors (Lipinski definition) is 5. The minimum absolute atomic E-state index is 0.165. The van der Waals surface area contributed by atoms with Gasteiger partial charge in [-0.25, -0.2) is 4.39 Å². The van der Waals surface area contributed by atoms with Crippen LogP contribution in [0.2, 0.25) is 0 Å². The molecule has 2 aromatic rings. The molecule has 4 rings (SSSR count). The summed E-state index contributed by atoms with van der Waals surface area (Å²) in [6, 6.07) is 11.9. The van der Waals surface area contributed by atoms with E-state index in [4.69, 9.17) is 4.74 Å². The second-order valence-corrected chi connectivity index (χ2v) is 9.57. The van der Waals surface area contributed by atoms with Crippen LogP contribution in [0.5, 0.6) is 0 Å². The summed E-state index contributed by atoms with van der Waals surface area (Å²) in [5, 5.41) is 23.9. The van der Waals surface area contributed by atoms with Crippen molar-refractivity contribution in [2.75, 3.05) is 33.4 Å². The molecule has 1 aliphatic carbocycles. The molecule has 2 aromatic carbocycles. The lowest BCUT2D eigenvalue weighted by molar-refractivity contribution is 0.103. The summed E-state index contributed by atoms with van der Waals surface area (Å²) in [4.78, 5) is 14.0. The molecule has 0 bridgehead atoms. The van der Waals surface area contributed by atoms with Crippen LogP contribution in [-0.2, 0) is 11.3 Å². The second kappa shape index (κ2) is 12.1. The van der Waals surface area contributed by atoms with E-state index in [1.54, 1.807) is 44.4 Å². The quantitative estimate of drug-likeness (QED) is 0.447. The SMILES string of the molecule is COCC[C]1CC(C(=O)c2cccc(CO)c2)=C(c2cccc(F)c2C)C(CO)=C1C1CCCNC1. The molecule has 191 valence electrons. The number of ketones is 1. The molecule has 3 N–H and O–H groups in total. The lowest BCUT2D eigenvalue weighted by Crippen LogP contribution is -2.35. The summed E-state index contributed by atoms with van der Waals surface area (Å²) in [6.45, 7) is 3.57. The number of carbonyl (C=O) groups is 1. The number of hydrogen-bond donors (Lipinski definition) is 3. The number of methoxy groups -OCH3 is 1. The van der Waals surface area contributed by atoms with E-state index >= 15 is 0 Å². The highest BCUT2D eigenvalue weighted by atomic mass is 19.1. The van der Waals surface area contributed by atoms with E-state index in [-0.39, 0.29) is 30.7 Å². The highest BCUT2D eigenvalue weighted by Gasteiger charge is 2.37. The van der Waals surface area contributed by atoms with Crippen molar-refractivity contribution in [2.45, 2.75) is 39.2 Å². The molecule has 6 heteroatoms. The standard InChI is InChI=1S/C30H35FNO4/c1-19-24(9-4-10-27(19)31)29-25(30(35)22-7-3-6-20(14-22)17-33)15-21(11-13-36-2)28(26(29)18-34)23-8-5-12-32-16-23/h3-4,6-7,9-10,14,23,32-34H,5,8,11-13,15-18H2,1-2H3. The first-order valence-electron chi connectivity index (χ1n) is 12.6. The third kappa shape index (κ3) is 5.37. The first kappa shape index (κ1) is 26.4. The summed E-state index contributed by atoms with van der Waals surface area (Å²) >= 11 is 0. The van der Waals surface area contributed by atoms with Crippen LogP contribution >= 0.6 is 0 Å². The fourth-order valence-electron chi connectivity index (χ4n) is 5.56. The fraction of sp³-hybridized carbons (Fsp3) is 0.400. The van der Waals surface area contributed by atoms with E-state index in [0.29, 0.717) is 58.4 Å². The van der Waals surface area contributed by atoms with Gasteiger partial charge in [-0.15, -0.1) is 0 Å². The molecule has 0 aromatic heterocycles. The average molecular weight is 493 g/mol. The maximum Gasteiger partial charge on any atom is 0.189 e. The van der Waals surface area contributed by atoms with Crippen molar-refractivity contribution >= 4 is 11.4 Å². The summed E-state index contributed by atoms with van der Waals surface area (Å²) in [5.41, 5.74) is 5.17. The molecule has 1 atom stereocenters. The van der Waals surface area contributed by atoms with Crippen LogP contribution < -0.4 is 5.32 Å². The Morgan fingerprint density at radius 2 is 1.97 bits per heavy atom. The Kier molecular flexibility index (Phi) is 8.86. The Hall–Kier alpha value is -2.64. The zero-order valence-corrected chi connectivity index (χ0v) is 21.1. The first-order valence-corrected chi connectivity index (χ1v) is 12.6. The predicted molar refractivity (Wildman–Crippen MR) is 139 cm³/mol. The molecule has 5 nitrogen and oxygen atoms in total. The molecule has 0 spiro atoms. The van der Waals surface area contributed by atoms with Gasteiger partial charge in [-0.1, -0.05) is 35.9 Å². The van der Waals surface area contributed by atoms with Crippen molar-refractivity contribution in [3.63, 3.8) is 0 Å². The Bertz CT molecular complexity index is 1160. The van der Waals surface area contributed by atoms with Gasteiger partial charge in [0.1, 0.15) is 5.82 Å². The fourth-order valence-corrected chi connectivity index (χ4v) is 5.56. The molecule has 2 aliphatic rings. The van der Waals surface area contributed by atoms with E-state index in [0.717, 1.165) is 37.4 Å². The van der Waals surface area contributed by atoms with Crippen LogP contribution in [0.1, 0.15) is 52.7 Å². The van der Waals surface area contributed by atoms with Crippen LogP contribution in [0.3, 0.4) is 0 Å². The number of carbonyl (C=O) groups excluding carboxylic acids is 1. The van der Waals surface area contributed by atoms with E-state index in [1.807, 2.05) is 6.07 Å². The van der Waals surface area contributed by atoms with Crippen molar-refractivity contribution in [2.24, 2.45) is 5.92 Å². The minimum Gasteiger partial charge on any atom is -0.392 e. The summed E-state index contributed by atoms with van der Waals surface area (Å²) in [7, 11) is 1.66. The zero-order chi connectivity index (χ0) is 25.7. The molecular formula is C30H35FNO4. The number of ether oxygens (including phenoxy) is 1. The average Bonchev–Trinajstić information content (AvgIpc) is 2.92. The van der Waals surface area contributed by atoms with Gasteiger partial charge in [-0.3, -0.25) is 4.79 Å². The number of aliphatic hydroxyl groups excluding tert-OH is 2. The second-order valence-electron chi connectivity index (χ2n) is 9.57. The smallest absolute Gasteiger partial charge is 0.189 e. The molecule has 1 heterocycles. The highest BCUT2D eigenvalue weighted by molar-refractivity contribution is 6.16. The van der Waals surface area contributed by atoms with Gasteiger partial charge in [0.25, 0.3) is 0 Å². The van der Waals surface area contributed by atoms with E-state index in [1.165, 1.54) is 6.07 Å². The molecule has 1 radical (unpaired) electrons. The number of aliphatic hydroxyl groups is 2. The maximum absolute atomic E-state index is 14.8. The number of Topliss-reactive ketones (excluding diaryl/α,β-unsaturated/α-hetero) is 1. The van der Waals surface area contributed by atoms with Gasteiger partial charge in [0.05, 0.1) is 13.2 Å². The minimum atomic E-state index is -0.346. The third-order valence-electron chi connectivity index (χ3n) is 7.35. The molecule has 1 unspecified atom stereocenters. The van der Waals surface area contributed by atoms with Gasteiger partial charge >= 0.3 is 0 Å². The number of rotatable bonds is 9. The topological polar surface area (TPSA) is 78.8 Å². The number of piperidine rings is 1. The van der Waals surface area contributed by atoms with E-state index in [2.05, 4.69) is 5.32 Å². The van der Waals surface area contributed by atoms with Crippen molar-refractivity contribution in [1.82, 2.24) is 5.32 Å². The van der Waals surface area contributed by atoms with E-state index < -0.39 is 0 Å². The largest absolute Gasteiger partial charge is 0.392 e. The Morgan fingerprint density at radius 3 is 2.67 bits per heavy atom. The van der Waals surface area contributed by atoms with Crippen LogP contribution in [0.25, 0.3) is 5.57 Å². The zero-order valence-electron chi connectivity index (χ0n) is 21.1. The van der Waals surface area contributed by atoms with Crippen LogP contribution in [-0.4, -0.2) is 49.4 Å². The third-order valence-corrected chi connectivity index (χ3v) is 7.35. The van der Waals surface area contributed by atoms with Crippen LogP contribution in [0.15, 0.2) is 59.2 Å². The highest BCUT2D eigenvalue weighted by Crippen LogP contribution is 2.47. The van der Waals surface area contributed by atoms with Crippen molar-refractivity contribution < 1.29 is 24.1 Å². The molecule has 0 amide bonds. The van der Waals surface area contributed by atoms with Gasteiger partial charge in [0.15, 0.2) is 5.78 Å². The Balaban J connectivity index is 1.97.